The third-order valence-electron chi connectivity index (χ3n) is 3.75. The highest BCUT2D eigenvalue weighted by Gasteiger charge is 2.10. The third kappa shape index (κ3) is 4.75. The van der Waals surface area contributed by atoms with Gasteiger partial charge in [-0.05, 0) is 31.2 Å². The van der Waals surface area contributed by atoms with Crippen LogP contribution in [0.5, 0.6) is 5.75 Å². The van der Waals surface area contributed by atoms with Gasteiger partial charge in [0.1, 0.15) is 17.4 Å². The maximum absolute atomic E-state index is 5.78. The lowest BCUT2D eigenvalue weighted by atomic mass is 10.2. The molecule has 2 heterocycles. The van der Waals surface area contributed by atoms with Crippen molar-refractivity contribution in [3.63, 3.8) is 0 Å². The van der Waals surface area contributed by atoms with E-state index in [4.69, 9.17) is 9.15 Å². The summed E-state index contributed by atoms with van der Waals surface area (Å²) in [5, 5.41) is 11.7. The molecular formula is C20H17N3O2S2. The van der Waals surface area contributed by atoms with Crippen LogP contribution in [0.2, 0.25) is 0 Å². The summed E-state index contributed by atoms with van der Waals surface area (Å²) in [5.41, 5.74) is 3.11. The van der Waals surface area contributed by atoms with E-state index in [1.165, 1.54) is 17.3 Å². The Balaban J connectivity index is 1.31. The molecule has 0 spiro atoms. The van der Waals surface area contributed by atoms with E-state index in [1.807, 2.05) is 60.0 Å². The van der Waals surface area contributed by atoms with Gasteiger partial charge in [-0.3, -0.25) is 0 Å². The summed E-state index contributed by atoms with van der Waals surface area (Å²) in [6, 6.07) is 17.8. The Hall–Kier alpha value is -2.64. The number of hydrogen-bond donors (Lipinski definition) is 0. The van der Waals surface area contributed by atoms with Gasteiger partial charge in [0.25, 0.3) is 5.22 Å². The Morgan fingerprint density at radius 1 is 1.04 bits per heavy atom. The largest absolute Gasteiger partial charge is 0.486 e. The fraction of sp³-hybridized carbons (Fsp3) is 0.150. The van der Waals surface area contributed by atoms with Crippen molar-refractivity contribution >= 4 is 23.1 Å². The minimum atomic E-state index is 0.469. The summed E-state index contributed by atoms with van der Waals surface area (Å²) in [6.07, 6.45) is 0. The molecule has 0 saturated heterocycles. The van der Waals surface area contributed by atoms with E-state index in [-0.39, 0.29) is 0 Å². The molecule has 4 aromatic rings. The Morgan fingerprint density at radius 3 is 2.67 bits per heavy atom. The number of thioether (sulfide) groups is 1. The average molecular weight is 396 g/mol. The van der Waals surface area contributed by atoms with Crippen molar-refractivity contribution in [2.45, 2.75) is 24.5 Å². The van der Waals surface area contributed by atoms with Crippen molar-refractivity contribution < 1.29 is 9.15 Å². The first kappa shape index (κ1) is 17.8. The first-order valence-electron chi connectivity index (χ1n) is 8.41. The average Bonchev–Trinajstić information content (AvgIpc) is 3.36. The van der Waals surface area contributed by atoms with Gasteiger partial charge in [-0.1, -0.05) is 47.7 Å². The Bertz CT molecular complexity index is 998. The van der Waals surface area contributed by atoms with E-state index in [1.54, 1.807) is 11.3 Å². The van der Waals surface area contributed by atoms with Crippen molar-refractivity contribution in [2.75, 3.05) is 0 Å². The van der Waals surface area contributed by atoms with Gasteiger partial charge in [-0.15, -0.1) is 21.5 Å². The second kappa shape index (κ2) is 8.37. The van der Waals surface area contributed by atoms with E-state index in [9.17, 15) is 0 Å². The van der Waals surface area contributed by atoms with E-state index >= 15 is 0 Å². The van der Waals surface area contributed by atoms with Crippen LogP contribution >= 0.6 is 23.1 Å². The summed E-state index contributed by atoms with van der Waals surface area (Å²) in [6.45, 7) is 2.53. The first-order valence-corrected chi connectivity index (χ1v) is 10.3. The molecule has 27 heavy (non-hydrogen) atoms. The lowest BCUT2D eigenvalue weighted by Crippen LogP contribution is -1.95. The maximum atomic E-state index is 5.78. The lowest BCUT2D eigenvalue weighted by molar-refractivity contribution is 0.305. The molecule has 136 valence electrons. The van der Waals surface area contributed by atoms with Crippen LogP contribution in [0.1, 0.15) is 16.3 Å². The number of nitrogens with zero attached hydrogens (tertiary/aromatic N) is 3. The number of hydrogen-bond acceptors (Lipinski definition) is 7. The number of aryl methyl sites for hydroxylation is 1. The molecule has 5 nitrogen and oxygen atoms in total. The van der Waals surface area contributed by atoms with Crippen LogP contribution < -0.4 is 4.74 Å². The zero-order chi connectivity index (χ0) is 18.5. The lowest BCUT2D eigenvalue weighted by Gasteiger charge is -2.03. The molecule has 7 heteroatoms. The smallest absolute Gasteiger partial charge is 0.277 e. The van der Waals surface area contributed by atoms with Crippen LogP contribution in [0.15, 0.2) is 69.6 Å². The number of benzene rings is 2. The molecule has 2 aromatic heterocycles. The minimum Gasteiger partial charge on any atom is -0.486 e. The summed E-state index contributed by atoms with van der Waals surface area (Å²) in [4.78, 5) is 4.61. The SMILES string of the molecule is Cc1ccc(OCc2nc(CSc3nnc(-c4ccccc4)o3)cs2)cc1. The Kier molecular flexibility index (Phi) is 5.50. The van der Waals surface area contributed by atoms with Gasteiger partial charge >= 0.3 is 0 Å². The fourth-order valence-electron chi connectivity index (χ4n) is 2.36. The Labute approximate surface area is 165 Å². The molecule has 0 amide bonds. The maximum Gasteiger partial charge on any atom is 0.277 e. The molecular weight excluding hydrogens is 378 g/mol. The van der Waals surface area contributed by atoms with Crippen molar-refractivity contribution in [2.24, 2.45) is 0 Å². The van der Waals surface area contributed by atoms with Gasteiger partial charge in [0.15, 0.2) is 0 Å². The highest BCUT2D eigenvalue weighted by Crippen LogP contribution is 2.26. The van der Waals surface area contributed by atoms with Crippen molar-refractivity contribution in [3.8, 4) is 17.2 Å². The summed E-state index contributed by atoms with van der Waals surface area (Å²) in [5.74, 6) is 2.06. The predicted octanol–water partition coefficient (Wildman–Crippen LogP) is 5.37. The minimum absolute atomic E-state index is 0.469. The summed E-state index contributed by atoms with van der Waals surface area (Å²) >= 11 is 3.07. The standard InChI is InChI=1S/C20H17N3O2S2/c1-14-7-9-17(10-8-14)24-11-18-21-16(12-26-18)13-27-20-23-22-19(25-20)15-5-3-2-4-6-15/h2-10,12H,11,13H2,1H3. The topological polar surface area (TPSA) is 61.0 Å². The molecule has 0 aliphatic carbocycles. The van der Waals surface area contributed by atoms with Gasteiger partial charge in [0.2, 0.25) is 5.89 Å². The van der Waals surface area contributed by atoms with Gasteiger partial charge in [-0.25, -0.2) is 4.98 Å². The molecule has 0 radical (unpaired) electrons. The predicted molar refractivity (Wildman–Crippen MR) is 107 cm³/mol. The van der Waals surface area contributed by atoms with Crippen LogP contribution in [0.4, 0.5) is 0 Å². The van der Waals surface area contributed by atoms with E-state index in [0.29, 0.717) is 23.5 Å². The monoisotopic (exact) mass is 395 g/mol. The molecule has 2 aromatic carbocycles. The van der Waals surface area contributed by atoms with Gasteiger partial charge in [-0.2, -0.15) is 0 Å². The van der Waals surface area contributed by atoms with Crippen LogP contribution in [0, 0.1) is 6.92 Å². The number of thiazole rings is 1. The van der Waals surface area contributed by atoms with Crippen molar-refractivity contribution in [1.29, 1.82) is 0 Å². The molecule has 4 rings (SSSR count). The normalized spacial score (nSPS) is 10.9. The van der Waals surface area contributed by atoms with Gasteiger partial charge < -0.3 is 9.15 Å². The van der Waals surface area contributed by atoms with Gasteiger partial charge in [0.05, 0.1) is 5.69 Å². The van der Waals surface area contributed by atoms with Crippen LogP contribution in [-0.4, -0.2) is 15.2 Å². The Morgan fingerprint density at radius 2 is 1.85 bits per heavy atom. The van der Waals surface area contributed by atoms with E-state index in [2.05, 4.69) is 22.1 Å². The molecule has 0 aliphatic heterocycles. The second-order valence-corrected chi connectivity index (χ2v) is 7.73. The molecule has 0 saturated carbocycles. The highest BCUT2D eigenvalue weighted by atomic mass is 32.2. The van der Waals surface area contributed by atoms with Crippen LogP contribution in [0.25, 0.3) is 11.5 Å². The van der Waals surface area contributed by atoms with E-state index < -0.39 is 0 Å². The number of rotatable bonds is 7. The van der Waals surface area contributed by atoms with Gasteiger partial charge in [0, 0.05) is 16.7 Å². The zero-order valence-electron chi connectivity index (χ0n) is 14.7. The third-order valence-corrected chi connectivity index (χ3v) is 5.48. The fourth-order valence-corrected chi connectivity index (χ4v) is 3.83. The van der Waals surface area contributed by atoms with Crippen LogP contribution in [0.3, 0.4) is 0 Å². The van der Waals surface area contributed by atoms with Crippen LogP contribution in [-0.2, 0) is 12.4 Å². The van der Waals surface area contributed by atoms with Crippen molar-refractivity contribution in [3.05, 3.63) is 76.2 Å². The van der Waals surface area contributed by atoms with Crippen molar-refractivity contribution in [1.82, 2.24) is 15.2 Å². The summed E-state index contributed by atoms with van der Waals surface area (Å²) < 4.78 is 11.5. The molecule has 0 fully saturated rings. The van der Waals surface area contributed by atoms with E-state index in [0.717, 1.165) is 22.0 Å². The molecule has 0 bridgehead atoms. The quantitative estimate of drug-likeness (QED) is 0.392. The number of aromatic nitrogens is 3. The highest BCUT2D eigenvalue weighted by molar-refractivity contribution is 7.98. The molecule has 0 unspecified atom stereocenters. The first-order chi connectivity index (χ1) is 13.3. The summed E-state index contributed by atoms with van der Waals surface area (Å²) in [7, 11) is 0. The molecule has 0 N–H and O–H groups in total. The zero-order valence-corrected chi connectivity index (χ0v) is 16.3. The second-order valence-electron chi connectivity index (χ2n) is 5.86. The molecule has 0 aliphatic rings. The number of ether oxygens (including phenoxy) is 1. The molecule has 0 atom stereocenters.